The van der Waals surface area contributed by atoms with E-state index in [1.54, 1.807) is 6.20 Å². The molecule has 2 aromatic rings. The van der Waals surface area contributed by atoms with Crippen molar-refractivity contribution in [3.8, 4) is 11.5 Å². The van der Waals surface area contributed by atoms with Crippen molar-refractivity contribution in [3.63, 3.8) is 0 Å². The van der Waals surface area contributed by atoms with E-state index < -0.39 is 0 Å². The zero-order chi connectivity index (χ0) is 21.0. The van der Waals surface area contributed by atoms with E-state index in [4.69, 9.17) is 14.7 Å². The van der Waals surface area contributed by atoms with Crippen LogP contribution < -0.4 is 10.2 Å². The minimum absolute atomic E-state index is 0.0410. The molecule has 0 unspecified atom stereocenters. The zero-order valence-corrected chi connectivity index (χ0v) is 17.9. The number of nitrogens with zero attached hydrogens (tertiary/aromatic N) is 5. The van der Waals surface area contributed by atoms with Gasteiger partial charge in [0.05, 0.1) is 25.5 Å². The summed E-state index contributed by atoms with van der Waals surface area (Å²) in [4.78, 5) is 31.4. The molecule has 2 aliphatic heterocycles. The summed E-state index contributed by atoms with van der Waals surface area (Å²) in [6.07, 6.45) is 8.37. The number of aromatic nitrogens is 3. The van der Waals surface area contributed by atoms with Crippen LogP contribution in [0, 0.1) is 0 Å². The number of morpholine rings is 1. The molecule has 0 atom stereocenters. The monoisotopic (exact) mass is 422 g/mol. The van der Waals surface area contributed by atoms with Gasteiger partial charge in [0.2, 0.25) is 0 Å². The summed E-state index contributed by atoms with van der Waals surface area (Å²) in [6.45, 7) is 4.17. The number of amides is 2. The molecule has 164 valence electrons. The Balaban J connectivity index is 1.42. The molecular weight excluding hydrogens is 392 g/mol. The lowest BCUT2D eigenvalue weighted by Crippen LogP contribution is -2.48. The van der Waals surface area contributed by atoms with Gasteiger partial charge in [0, 0.05) is 43.9 Å². The quantitative estimate of drug-likeness (QED) is 0.819. The van der Waals surface area contributed by atoms with E-state index in [1.807, 2.05) is 23.1 Å². The second-order valence-corrected chi connectivity index (χ2v) is 8.57. The lowest BCUT2D eigenvalue weighted by atomic mass is 9.95. The summed E-state index contributed by atoms with van der Waals surface area (Å²) in [5.41, 5.74) is 2.86. The number of carbonyl (C=O) groups is 1. The van der Waals surface area contributed by atoms with Gasteiger partial charge in [-0.05, 0) is 25.0 Å². The normalized spacial score (nSPS) is 19.7. The van der Waals surface area contributed by atoms with Crippen LogP contribution in [-0.2, 0) is 17.7 Å². The Morgan fingerprint density at radius 1 is 1.06 bits per heavy atom. The molecule has 0 radical (unpaired) electrons. The molecule has 2 fully saturated rings. The first-order valence-corrected chi connectivity index (χ1v) is 11.5. The minimum Gasteiger partial charge on any atom is -0.378 e. The summed E-state index contributed by atoms with van der Waals surface area (Å²) in [6, 6.07) is 6.14. The van der Waals surface area contributed by atoms with E-state index in [1.165, 1.54) is 19.3 Å². The van der Waals surface area contributed by atoms with Crippen LogP contribution in [0.25, 0.3) is 11.5 Å². The van der Waals surface area contributed by atoms with Crippen molar-refractivity contribution in [1.29, 1.82) is 0 Å². The van der Waals surface area contributed by atoms with E-state index in [-0.39, 0.29) is 6.03 Å². The number of carbonyl (C=O) groups excluding carboxylic acids is 1. The third-order valence-corrected chi connectivity index (χ3v) is 6.46. The number of fused-ring (bicyclic) bond motifs is 1. The second-order valence-electron chi connectivity index (χ2n) is 8.57. The van der Waals surface area contributed by atoms with Crippen LogP contribution in [0.15, 0.2) is 24.4 Å². The van der Waals surface area contributed by atoms with Gasteiger partial charge in [-0.2, -0.15) is 0 Å². The standard InChI is InChI=1S/C23H30N6O2/c30-23(25-17-6-2-1-3-7-17)29-11-9-19-18(16-29)22(28-12-14-31-15-13-28)27-21(26-19)20-8-4-5-10-24-20/h4-5,8,10,17H,1-3,6-7,9,11-16H2,(H,25,30). The zero-order valence-electron chi connectivity index (χ0n) is 17.9. The fraction of sp³-hybridized carbons (Fsp3) is 0.565. The summed E-state index contributed by atoms with van der Waals surface area (Å²) in [5, 5.41) is 3.26. The Morgan fingerprint density at radius 3 is 2.68 bits per heavy atom. The average molecular weight is 423 g/mol. The molecule has 0 aromatic carbocycles. The first-order chi connectivity index (χ1) is 15.3. The number of nitrogens with one attached hydrogen (secondary N) is 1. The maximum absolute atomic E-state index is 13.0. The fourth-order valence-electron chi connectivity index (χ4n) is 4.73. The molecule has 2 amide bonds. The predicted octanol–water partition coefficient (Wildman–Crippen LogP) is 2.78. The van der Waals surface area contributed by atoms with E-state index in [9.17, 15) is 4.79 Å². The smallest absolute Gasteiger partial charge is 0.317 e. The lowest BCUT2D eigenvalue weighted by molar-refractivity contribution is 0.122. The van der Waals surface area contributed by atoms with Gasteiger partial charge in [0.25, 0.3) is 0 Å². The highest BCUT2D eigenvalue weighted by atomic mass is 16.5. The van der Waals surface area contributed by atoms with Gasteiger partial charge in [-0.3, -0.25) is 4.98 Å². The van der Waals surface area contributed by atoms with E-state index in [0.717, 1.165) is 55.1 Å². The molecule has 0 spiro atoms. The highest BCUT2D eigenvalue weighted by Gasteiger charge is 2.29. The second kappa shape index (κ2) is 9.18. The largest absolute Gasteiger partial charge is 0.378 e. The third kappa shape index (κ3) is 4.49. The summed E-state index contributed by atoms with van der Waals surface area (Å²) < 4.78 is 5.55. The summed E-state index contributed by atoms with van der Waals surface area (Å²) >= 11 is 0. The fourth-order valence-corrected chi connectivity index (χ4v) is 4.73. The molecule has 4 heterocycles. The molecule has 8 nitrogen and oxygen atoms in total. The molecular formula is C23H30N6O2. The molecule has 1 aliphatic carbocycles. The number of hydrogen-bond acceptors (Lipinski definition) is 6. The average Bonchev–Trinajstić information content (AvgIpc) is 2.84. The Morgan fingerprint density at radius 2 is 1.90 bits per heavy atom. The summed E-state index contributed by atoms with van der Waals surface area (Å²) in [7, 11) is 0. The molecule has 3 aliphatic rings. The third-order valence-electron chi connectivity index (χ3n) is 6.46. The molecule has 5 rings (SSSR count). The molecule has 0 bridgehead atoms. The Kier molecular flexibility index (Phi) is 5.97. The Hall–Kier alpha value is -2.74. The number of hydrogen-bond donors (Lipinski definition) is 1. The van der Waals surface area contributed by atoms with Gasteiger partial charge in [-0.1, -0.05) is 25.3 Å². The Bertz CT molecular complexity index is 910. The number of ether oxygens (including phenoxy) is 1. The maximum Gasteiger partial charge on any atom is 0.317 e. The van der Waals surface area contributed by atoms with Crippen molar-refractivity contribution in [2.45, 2.75) is 51.1 Å². The van der Waals surface area contributed by atoms with Gasteiger partial charge in [-0.15, -0.1) is 0 Å². The Labute approximate surface area is 183 Å². The lowest BCUT2D eigenvalue weighted by Gasteiger charge is -2.35. The van der Waals surface area contributed by atoms with Gasteiger partial charge >= 0.3 is 6.03 Å². The molecule has 31 heavy (non-hydrogen) atoms. The number of urea groups is 1. The van der Waals surface area contributed by atoms with E-state index in [0.29, 0.717) is 38.2 Å². The number of rotatable bonds is 3. The molecule has 1 N–H and O–H groups in total. The van der Waals surface area contributed by atoms with Crippen LogP contribution in [0.3, 0.4) is 0 Å². The molecule has 2 aromatic heterocycles. The van der Waals surface area contributed by atoms with Crippen molar-refractivity contribution in [1.82, 2.24) is 25.2 Å². The van der Waals surface area contributed by atoms with E-state index >= 15 is 0 Å². The van der Waals surface area contributed by atoms with Crippen molar-refractivity contribution in [2.75, 3.05) is 37.7 Å². The predicted molar refractivity (Wildman–Crippen MR) is 118 cm³/mol. The SMILES string of the molecule is O=C(NC1CCCCC1)N1CCc2nc(-c3ccccn3)nc(N3CCOCC3)c2C1. The molecule has 1 saturated heterocycles. The van der Waals surface area contributed by atoms with Gasteiger partial charge in [0.1, 0.15) is 11.5 Å². The van der Waals surface area contributed by atoms with Crippen LogP contribution in [0.2, 0.25) is 0 Å². The molecule has 8 heteroatoms. The van der Waals surface area contributed by atoms with Crippen molar-refractivity contribution >= 4 is 11.8 Å². The van der Waals surface area contributed by atoms with Gasteiger partial charge in [-0.25, -0.2) is 14.8 Å². The number of anilines is 1. The van der Waals surface area contributed by atoms with Crippen LogP contribution in [0.1, 0.15) is 43.4 Å². The highest BCUT2D eigenvalue weighted by Crippen LogP contribution is 2.30. The topological polar surface area (TPSA) is 83.5 Å². The van der Waals surface area contributed by atoms with Gasteiger partial charge < -0.3 is 19.9 Å². The van der Waals surface area contributed by atoms with Crippen LogP contribution in [0.5, 0.6) is 0 Å². The van der Waals surface area contributed by atoms with Crippen LogP contribution >= 0.6 is 0 Å². The summed E-state index contributed by atoms with van der Waals surface area (Å²) in [5.74, 6) is 1.57. The molecule has 1 saturated carbocycles. The van der Waals surface area contributed by atoms with Crippen LogP contribution in [-0.4, -0.2) is 64.8 Å². The first-order valence-electron chi connectivity index (χ1n) is 11.5. The van der Waals surface area contributed by atoms with Crippen molar-refractivity contribution < 1.29 is 9.53 Å². The van der Waals surface area contributed by atoms with E-state index in [2.05, 4.69) is 15.2 Å². The highest BCUT2D eigenvalue weighted by molar-refractivity contribution is 5.75. The number of pyridine rings is 1. The maximum atomic E-state index is 13.0. The van der Waals surface area contributed by atoms with Crippen molar-refractivity contribution in [2.24, 2.45) is 0 Å². The van der Waals surface area contributed by atoms with Crippen molar-refractivity contribution in [3.05, 3.63) is 35.7 Å². The first kappa shape index (κ1) is 20.2. The minimum atomic E-state index is 0.0410. The van der Waals surface area contributed by atoms with Gasteiger partial charge in [0.15, 0.2) is 5.82 Å². The van der Waals surface area contributed by atoms with Crippen LogP contribution in [0.4, 0.5) is 10.6 Å².